The monoisotopic (exact) mass is 412 g/mol. The number of rotatable bonds is 4. The van der Waals surface area contributed by atoms with Crippen LogP contribution in [-0.2, 0) is 10.0 Å². The van der Waals surface area contributed by atoms with Crippen molar-refractivity contribution < 1.29 is 13.2 Å². The topological polar surface area (TPSA) is 75.6 Å². The molecule has 0 N–H and O–H groups in total. The molecule has 0 bridgehead atoms. The van der Waals surface area contributed by atoms with E-state index < -0.39 is 10.0 Å². The van der Waals surface area contributed by atoms with E-state index in [9.17, 15) is 8.42 Å². The molecule has 1 aromatic heterocycles. The zero-order chi connectivity index (χ0) is 20.6. The Balaban J connectivity index is 1.57. The molecule has 3 aromatic rings. The number of fused-ring (bicyclic) bond motifs is 1. The van der Waals surface area contributed by atoms with Crippen molar-refractivity contribution in [1.29, 1.82) is 0 Å². The van der Waals surface area contributed by atoms with Crippen LogP contribution in [0, 0.1) is 13.8 Å². The van der Waals surface area contributed by atoms with Crippen molar-refractivity contribution in [2.75, 3.05) is 38.2 Å². The summed E-state index contributed by atoms with van der Waals surface area (Å²) in [5, 5.41) is 0. The smallest absolute Gasteiger partial charge is 0.246 e. The summed E-state index contributed by atoms with van der Waals surface area (Å²) in [6.45, 7) is 5.69. The van der Waals surface area contributed by atoms with E-state index in [0.717, 1.165) is 28.1 Å². The highest BCUT2D eigenvalue weighted by Gasteiger charge is 2.31. The molecule has 1 aliphatic heterocycles. The van der Waals surface area contributed by atoms with E-state index in [1.807, 2.05) is 44.2 Å². The van der Waals surface area contributed by atoms with Gasteiger partial charge in [0.15, 0.2) is 5.82 Å². The maximum absolute atomic E-state index is 13.2. The average molecular weight is 413 g/mol. The van der Waals surface area contributed by atoms with Gasteiger partial charge in [-0.1, -0.05) is 18.2 Å². The van der Waals surface area contributed by atoms with E-state index in [2.05, 4.69) is 9.88 Å². The standard InChI is InChI=1S/C21H24N4O3S/c1-15-8-9-19(28-3)20(14-15)29(26,27)25-12-10-24(11-13-25)21-16(2)22-17-6-4-5-7-18(17)23-21/h4-9,14H,10-13H2,1-3H3. The predicted molar refractivity (Wildman–Crippen MR) is 113 cm³/mol. The third kappa shape index (κ3) is 3.65. The predicted octanol–water partition coefficient (Wildman–Crippen LogP) is 2.77. The third-order valence-electron chi connectivity index (χ3n) is 5.19. The Morgan fingerprint density at radius 1 is 0.931 bits per heavy atom. The molecule has 0 radical (unpaired) electrons. The molecule has 4 rings (SSSR count). The Labute approximate surface area is 171 Å². The Hall–Kier alpha value is -2.71. The van der Waals surface area contributed by atoms with Gasteiger partial charge in [0.2, 0.25) is 10.0 Å². The number of nitrogens with zero attached hydrogens (tertiary/aromatic N) is 4. The quantitative estimate of drug-likeness (QED) is 0.656. The largest absolute Gasteiger partial charge is 0.495 e. The van der Waals surface area contributed by atoms with Gasteiger partial charge >= 0.3 is 0 Å². The molecule has 0 saturated carbocycles. The molecule has 0 amide bonds. The van der Waals surface area contributed by atoms with Crippen LogP contribution in [-0.4, -0.2) is 56.0 Å². The summed E-state index contributed by atoms with van der Waals surface area (Å²) in [5.74, 6) is 1.18. The SMILES string of the molecule is COc1ccc(C)cc1S(=O)(=O)N1CCN(c2nc3ccccc3nc2C)CC1. The molecule has 0 unspecified atom stereocenters. The average Bonchev–Trinajstić information content (AvgIpc) is 2.73. The third-order valence-corrected chi connectivity index (χ3v) is 7.11. The molecule has 1 fully saturated rings. The van der Waals surface area contributed by atoms with Crippen molar-refractivity contribution in [2.45, 2.75) is 18.7 Å². The highest BCUT2D eigenvalue weighted by Crippen LogP contribution is 2.29. The van der Waals surface area contributed by atoms with E-state index in [4.69, 9.17) is 9.72 Å². The minimum Gasteiger partial charge on any atom is -0.495 e. The number of hydrogen-bond donors (Lipinski definition) is 0. The number of aryl methyl sites for hydroxylation is 2. The van der Waals surface area contributed by atoms with Crippen LogP contribution in [0.2, 0.25) is 0 Å². The number of methoxy groups -OCH3 is 1. The molecule has 0 aliphatic carbocycles. The fraction of sp³-hybridized carbons (Fsp3) is 0.333. The fourth-order valence-electron chi connectivity index (χ4n) is 3.64. The van der Waals surface area contributed by atoms with Gasteiger partial charge in [0, 0.05) is 26.2 Å². The molecule has 1 saturated heterocycles. The fourth-order valence-corrected chi connectivity index (χ4v) is 5.31. The lowest BCUT2D eigenvalue weighted by atomic mass is 10.2. The summed E-state index contributed by atoms with van der Waals surface area (Å²) < 4.78 is 33.2. The maximum atomic E-state index is 13.2. The van der Waals surface area contributed by atoms with Crippen LogP contribution in [0.1, 0.15) is 11.3 Å². The molecular formula is C21H24N4O3S. The highest BCUT2D eigenvalue weighted by atomic mass is 32.2. The number of para-hydroxylation sites is 2. The minimum atomic E-state index is -3.63. The lowest BCUT2D eigenvalue weighted by Gasteiger charge is -2.35. The Morgan fingerprint density at radius 2 is 1.59 bits per heavy atom. The number of sulfonamides is 1. The van der Waals surface area contributed by atoms with Crippen LogP contribution in [0.3, 0.4) is 0 Å². The summed E-state index contributed by atoms with van der Waals surface area (Å²) in [6, 6.07) is 13.0. The van der Waals surface area contributed by atoms with Crippen molar-refractivity contribution in [3.63, 3.8) is 0 Å². The van der Waals surface area contributed by atoms with Crippen LogP contribution < -0.4 is 9.64 Å². The first kappa shape index (κ1) is 19.6. The van der Waals surface area contributed by atoms with E-state index >= 15 is 0 Å². The zero-order valence-corrected chi connectivity index (χ0v) is 17.6. The molecule has 29 heavy (non-hydrogen) atoms. The van der Waals surface area contributed by atoms with Crippen molar-refractivity contribution in [3.05, 3.63) is 53.7 Å². The summed E-state index contributed by atoms with van der Waals surface area (Å²) in [6.07, 6.45) is 0. The molecule has 0 spiro atoms. The van der Waals surface area contributed by atoms with Gasteiger partial charge in [0.25, 0.3) is 0 Å². The van der Waals surface area contributed by atoms with Crippen molar-refractivity contribution in [1.82, 2.24) is 14.3 Å². The second-order valence-electron chi connectivity index (χ2n) is 7.17. The number of hydrogen-bond acceptors (Lipinski definition) is 6. The first-order chi connectivity index (χ1) is 13.9. The summed E-state index contributed by atoms with van der Waals surface area (Å²) in [5.41, 5.74) is 3.43. The van der Waals surface area contributed by atoms with Crippen molar-refractivity contribution in [3.8, 4) is 5.75 Å². The van der Waals surface area contributed by atoms with Crippen molar-refractivity contribution in [2.24, 2.45) is 0 Å². The highest BCUT2D eigenvalue weighted by molar-refractivity contribution is 7.89. The van der Waals surface area contributed by atoms with Crippen LogP contribution in [0.5, 0.6) is 5.75 Å². The van der Waals surface area contributed by atoms with Crippen LogP contribution in [0.4, 0.5) is 5.82 Å². The molecule has 2 aromatic carbocycles. The first-order valence-electron chi connectivity index (χ1n) is 9.53. The Kier molecular flexibility index (Phi) is 5.14. The summed E-state index contributed by atoms with van der Waals surface area (Å²) in [4.78, 5) is 11.7. The van der Waals surface area contributed by atoms with Crippen molar-refractivity contribution >= 4 is 26.9 Å². The molecule has 1 aliphatic rings. The van der Waals surface area contributed by atoms with E-state index in [1.165, 1.54) is 11.4 Å². The lowest BCUT2D eigenvalue weighted by Crippen LogP contribution is -2.49. The van der Waals surface area contributed by atoms with Gasteiger partial charge in [-0.25, -0.2) is 18.4 Å². The van der Waals surface area contributed by atoms with Crippen LogP contribution in [0.15, 0.2) is 47.4 Å². The van der Waals surface area contributed by atoms with Gasteiger partial charge in [-0.15, -0.1) is 0 Å². The summed E-state index contributed by atoms with van der Waals surface area (Å²) >= 11 is 0. The van der Waals surface area contributed by atoms with Gasteiger partial charge in [0.1, 0.15) is 10.6 Å². The molecule has 152 valence electrons. The number of piperazine rings is 1. The van der Waals surface area contributed by atoms with Crippen LogP contribution >= 0.6 is 0 Å². The number of ether oxygens (including phenoxy) is 1. The van der Waals surface area contributed by atoms with Gasteiger partial charge in [-0.05, 0) is 43.7 Å². The first-order valence-corrected chi connectivity index (χ1v) is 11.0. The van der Waals surface area contributed by atoms with Gasteiger partial charge < -0.3 is 9.64 Å². The lowest BCUT2D eigenvalue weighted by molar-refractivity contribution is 0.373. The summed E-state index contributed by atoms with van der Waals surface area (Å²) in [7, 11) is -2.14. The zero-order valence-electron chi connectivity index (χ0n) is 16.8. The van der Waals surface area contributed by atoms with Gasteiger partial charge in [-0.2, -0.15) is 4.31 Å². The molecule has 8 heteroatoms. The van der Waals surface area contributed by atoms with Gasteiger partial charge in [0.05, 0.1) is 23.8 Å². The Bertz CT molecular complexity index is 1160. The maximum Gasteiger partial charge on any atom is 0.246 e. The molecule has 7 nitrogen and oxygen atoms in total. The Morgan fingerprint density at radius 3 is 2.24 bits per heavy atom. The van der Waals surface area contributed by atoms with Gasteiger partial charge in [-0.3, -0.25) is 0 Å². The van der Waals surface area contributed by atoms with Crippen LogP contribution in [0.25, 0.3) is 11.0 Å². The molecule has 0 atom stereocenters. The normalized spacial score (nSPS) is 15.6. The second-order valence-corrected chi connectivity index (χ2v) is 9.07. The number of aromatic nitrogens is 2. The second kappa shape index (κ2) is 7.61. The van der Waals surface area contributed by atoms with E-state index in [0.29, 0.717) is 31.9 Å². The number of benzene rings is 2. The van der Waals surface area contributed by atoms with E-state index in [-0.39, 0.29) is 4.90 Å². The van der Waals surface area contributed by atoms with E-state index in [1.54, 1.807) is 12.1 Å². The molecule has 2 heterocycles. The molecular weight excluding hydrogens is 388 g/mol. The number of anilines is 1. The minimum absolute atomic E-state index is 0.218.